The van der Waals surface area contributed by atoms with Gasteiger partial charge in [0.2, 0.25) is 0 Å². The van der Waals surface area contributed by atoms with Gasteiger partial charge in [-0.2, -0.15) is 0 Å². The van der Waals surface area contributed by atoms with Crippen molar-refractivity contribution in [1.82, 2.24) is 5.32 Å². The first-order chi connectivity index (χ1) is 12.6. The maximum Gasteiger partial charge on any atom is 0.319 e. The average Bonchev–Trinajstić information content (AvgIpc) is 3.45. The molecule has 0 atom stereocenters. The fourth-order valence-electron chi connectivity index (χ4n) is 3.25. The Morgan fingerprint density at radius 1 is 0.846 bits per heavy atom. The number of aryl methyl sites for hydroxylation is 1. The Labute approximate surface area is 154 Å². The predicted molar refractivity (Wildman–Crippen MR) is 106 cm³/mol. The lowest BCUT2D eigenvalue weighted by atomic mass is 9.98. The zero-order valence-electron chi connectivity index (χ0n) is 14.8. The van der Waals surface area contributed by atoms with Crippen molar-refractivity contribution in [1.29, 1.82) is 0 Å². The van der Waals surface area contributed by atoms with Gasteiger partial charge in [-0.1, -0.05) is 66.2 Å². The van der Waals surface area contributed by atoms with Crippen LogP contribution in [0.5, 0.6) is 0 Å². The van der Waals surface area contributed by atoms with Gasteiger partial charge in [0.15, 0.2) is 0 Å². The number of benzene rings is 3. The molecule has 0 saturated heterocycles. The van der Waals surface area contributed by atoms with Crippen LogP contribution in [0.1, 0.15) is 24.0 Å². The zero-order chi connectivity index (χ0) is 18.0. The highest BCUT2D eigenvalue weighted by Crippen LogP contribution is 2.46. The van der Waals surface area contributed by atoms with Crippen LogP contribution in [0.2, 0.25) is 0 Å². The monoisotopic (exact) mass is 342 g/mol. The van der Waals surface area contributed by atoms with Gasteiger partial charge >= 0.3 is 6.03 Å². The lowest BCUT2D eigenvalue weighted by Crippen LogP contribution is -2.38. The van der Waals surface area contributed by atoms with E-state index in [0.29, 0.717) is 0 Å². The van der Waals surface area contributed by atoms with Crippen LogP contribution < -0.4 is 10.6 Å². The molecule has 26 heavy (non-hydrogen) atoms. The van der Waals surface area contributed by atoms with Crippen LogP contribution in [0.15, 0.2) is 78.9 Å². The van der Waals surface area contributed by atoms with E-state index in [9.17, 15) is 4.79 Å². The van der Waals surface area contributed by atoms with Crippen LogP contribution in [0.3, 0.4) is 0 Å². The molecule has 0 spiro atoms. The Morgan fingerprint density at radius 2 is 1.54 bits per heavy atom. The van der Waals surface area contributed by atoms with Gasteiger partial charge < -0.3 is 10.6 Å². The number of hydrogen-bond acceptors (Lipinski definition) is 1. The molecule has 0 radical (unpaired) electrons. The summed E-state index contributed by atoms with van der Waals surface area (Å²) in [6, 6.07) is 26.5. The van der Waals surface area contributed by atoms with Crippen molar-refractivity contribution in [2.24, 2.45) is 0 Å². The highest BCUT2D eigenvalue weighted by Gasteiger charge is 2.45. The molecule has 0 aromatic heterocycles. The fourth-order valence-corrected chi connectivity index (χ4v) is 3.25. The van der Waals surface area contributed by atoms with Gasteiger partial charge in [-0.25, -0.2) is 4.79 Å². The van der Waals surface area contributed by atoms with E-state index in [1.807, 2.05) is 49.4 Å². The van der Waals surface area contributed by atoms with E-state index in [-0.39, 0.29) is 11.6 Å². The minimum atomic E-state index is -0.250. The molecule has 1 aliphatic rings. The first-order valence-electron chi connectivity index (χ1n) is 8.96. The Bertz CT molecular complexity index is 912. The second kappa shape index (κ2) is 6.68. The number of nitrogens with one attached hydrogen (secondary N) is 2. The molecule has 1 aliphatic carbocycles. The van der Waals surface area contributed by atoms with E-state index in [1.54, 1.807) is 0 Å². The Kier molecular flexibility index (Phi) is 4.21. The van der Waals surface area contributed by atoms with Gasteiger partial charge in [0.1, 0.15) is 0 Å². The maximum atomic E-state index is 12.5. The molecule has 1 fully saturated rings. The van der Waals surface area contributed by atoms with Crippen molar-refractivity contribution in [3.63, 3.8) is 0 Å². The van der Waals surface area contributed by atoms with Gasteiger partial charge in [-0.05, 0) is 54.7 Å². The third kappa shape index (κ3) is 3.47. The van der Waals surface area contributed by atoms with E-state index in [1.165, 1.54) is 16.7 Å². The molecule has 2 N–H and O–H groups in total. The van der Waals surface area contributed by atoms with Crippen LogP contribution >= 0.6 is 0 Å². The number of amides is 2. The number of urea groups is 1. The topological polar surface area (TPSA) is 41.1 Å². The minimum absolute atomic E-state index is 0.156. The SMILES string of the molecule is Cc1ccc(NC(=O)NC2(c3cccc(-c4ccccc4)c3)CC2)cc1. The molecular formula is C23H22N2O. The van der Waals surface area contributed by atoms with Crippen molar-refractivity contribution in [2.75, 3.05) is 5.32 Å². The molecule has 0 heterocycles. The van der Waals surface area contributed by atoms with Gasteiger partial charge in [-0.3, -0.25) is 0 Å². The number of carbonyl (C=O) groups is 1. The molecule has 3 aromatic rings. The van der Waals surface area contributed by atoms with Crippen molar-refractivity contribution < 1.29 is 4.79 Å². The number of carbonyl (C=O) groups excluding carboxylic acids is 1. The lowest BCUT2D eigenvalue weighted by molar-refractivity contribution is 0.247. The summed E-state index contributed by atoms with van der Waals surface area (Å²) in [6.45, 7) is 2.03. The molecule has 0 bridgehead atoms. The van der Waals surface area contributed by atoms with Gasteiger partial charge in [0.25, 0.3) is 0 Å². The number of anilines is 1. The molecule has 3 aromatic carbocycles. The quantitative estimate of drug-likeness (QED) is 0.648. The van der Waals surface area contributed by atoms with Gasteiger partial charge in [0.05, 0.1) is 5.54 Å². The van der Waals surface area contributed by atoms with E-state index in [4.69, 9.17) is 0 Å². The zero-order valence-corrected chi connectivity index (χ0v) is 14.8. The number of hydrogen-bond donors (Lipinski definition) is 2. The molecule has 3 heteroatoms. The molecular weight excluding hydrogens is 320 g/mol. The lowest BCUT2D eigenvalue weighted by Gasteiger charge is -2.19. The van der Waals surface area contributed by atoms with Gasteiger partial charge in [-0.15, -0.1) is 0 Å². The van der Waals surface area contributed by atoms with Crippen LogP contribution in [0, 0.1) is 6.92 Å². The standard InChI is InChI=1S/C23H22N2O/c1-17-10-12-21(13-11-17)24-22(26)25-23(14-15-23)20-9-5-8-19(16-20)18-6-3-2-4-7-18/h2-13,16H,14-15H2,1H3,(H2,24,25,26). The molecule has 0 aliphatic heterocycles. The first-order valence-corrected chi connectivity index (χ1v) is 8.96. The summed E-state index contributed by atoms with van der Waals surface area (Å²) >= 11 is 0. The summed E-state index contributed by atoms with van der Waals surface area (Å²) in [5.41, 5.74) is 5.26. The normalized spacial score (nSPS) is 14.5. The van der Waals surface area contributed by atoms with Crippen molar-refractivity contribution in [2.45, 2.75) is 25.3 Å². The Balaban J connectivity index is 1.50. The van der Waals surface area contributed by atoms with Gasteiger partial charge in [0, 0.05) is 5.69 Å². The van der Waals surface area contributed by atoms with E-state index in [2.05, 4.69) is 47.0 Å². The fraction of sp³-hybridized carbons (Fsp3) is 0.174. The largest absolute Gasteiger partial charge is 0.328 e. The Hall–Kier alpha value is -3.07. The summed E-state index contributed by atoms with van der Waals surface area (Å²) in [4.78, 5) is 12.5. The van der Waals surface area contributed by atoms with Crippen LogP contribution in [-0.2, 0) is 5.54 Å². The van der Waals surface area contributed by atoms with Crippen molar-refractivity contribution in [3.8, 4) is 11.1 Å². The second-order valence-electron chi connectivity index (χ2n) is 6.97. The molecule has 130 valence electrons. The maximum absolute atomic E-state index is 12.5. The first kappa shape index (κ1) is 16.4. The van der Waals surface area contributed by atoms with Crippen molar-refractivity contribution in [3.05, 3.63) is 90.0 Å². The predicted octanol–water partition coefficient (Wildman–Crippen LogP) is 5.47. The molecule has 4 rings (SSSR count). The highest BCUT2D eigenvalue weighted by molar-refractivity contribution is 5.90. The van der Waals surface area contributed by atoms with E-state index < -0.39 is 0 Å². The highest BCUT2D eigenvalue weighted by atomic mass is 16.2. The number of rotatable bonds is 4. The van der Waals surface area contributed by atoms with Crippen LogP contribution in [-0.4, -0.2) is 6.03 Å². The molecule has 1 saturated carbocycles. The summed E-state index contributed by atoms with van der Waals surface area (Å²) in [6.07, 6.45) is 1.93. The van der Waals surface area contributed by atoms with Crippen LogP contribution in [0.4, 0.5) is 10.5 Å². The average molecular weight is 342 g/mol. The van der Waals surface area contributed by atoms with E-state index >= 15 is 0 Å². The third-order valence-corrected chi connectivity index (χ3v) is 4.93. The molecule has 0 unspecified atom stereocenters. The van der Waals surface area contributed by atoms with E-state index in [0.717, 1.165) is 24.1 Å². The minimum Gasteiger partial charge on any atom is -0.328 e. The molecule has 2 amide bonds. The van der Waals surface area contributed by atoms with Crippen LogP contribution in [0.25, 0.3) is 11.1 Å². The smallest absolute Gasteiger partial charge is 0.319 e. The molecule has 3 nitrogen and oxygen atoms in total. The second-order valence-corrected chi connectivity index (χ2v) is 6.97. The summed E-state index contributed by atoms with van der Waals surface area (Å²) < 4.78 is 0. The summed E-state index contributed by atoms with van der Waals surface area (Å²) in [5, 5.41) is 6.11. The Morgan fingerprint density at radius 3 is 2.23 bits per heavy atom. The van der Waals surface area contributed by atoms with Crippen molar-refractivity contribution >= 4 is 11.7 Å². The summed E-state index contributed by atoms with van der Waals surface area (Å²) in [5.74, 6) is 0. The summed E-state index contributed by atoms with van der Waals surface area (Å²) in [7, 11) is 0. The third-order valence-electron chi connectivity index (χ3n) is 4.93.